The highest BCUT2D eigenvalue weighted by Crippen LogP contribution is 2.37. The minimum Gasteiger partial charge on any atom is -0.342 e. The van der Waals surface area contributed by atoms with Crippen molar-refractivity contribution in [1.29, 1.82) is 0 Å². The zero-order valence-corrected chi connectivity index (χ0v) is 16.6. The maximum absolute atomic E-state index is 13.3. The van der Waals surface area contributed by atoms with Crippen LogP contribution in [0.1, 0.15) is 49.3 Å². The largest absolute Gasteiger partial charge is 0.342 e. The maximum Gasteiger partial charge on any atom is 0.222 e. The zero-order valence-electron chi connectivity index (χ0n) is 16.6. The van der Waals surface area contributed by atoms with Gasteiger partial charge >= 0.3 is 0 Å². The second kappa shape index (κ2) is 8.02. The molecule has 2 fully saturated rings. The number of halogens is 1. The molecular formula is C23H28FN3O. The summed E-state index contributed by atoms with van der Waals surface area (Å²) in [5, 5.41) is 2.14. The lowest BCUT2D eigenvalue weighted by Crippen LogP contribution is -2.29. The Morgan fingerprint density at radius 3 is 2.50 bits per heavy atom. The summed E-state index contributed by atoms with van der Waals surface area (Å²) in [6, 6.07) is 13.6. The highest BCUT2D eigenvalue weighted by Gasteiger charge is 2.31. The van der Waals surface area contributed by atoms with Gasteiger partial charge < -0.3 is 4.90 Å². The van der Waals surface area contributed by atoms with Crippen LogP contribution in [-0.2, 0) is 4.79 Å². The van der Waals surface area contributed by atoms with Gasteiger partial charge in [-0.3, -0.25) is 4.79 Å². The molecule has 2 unspecified atom stereocenters. The summed E-state index contributed by atoms with van der Waals surface area (Å²) in [4.78, 5) is 14.1. The van der Waals surface area contributed by atoms with E-state index >= 15 is 0 Å². The molecule has 148 valence electrons. The van der Waals surface area contributed by atoms with Crippen LogP contribution in [-0.4, -0.2) is 42.5 Å². The first-order valence-electron chi connectivity index (χ1n) is 10.2. The van der Waals surface area contributed by atoms with Crippen molar-refractivity contribution in [3.05, 3.63) is 59.4 Å². The smallest absolute Gasteiger partial charge is 0.222 e. The lowest BCUT2D eigenvalue weighted by atomic mass is 9.87. The molecule has 4 nitrogen and oxygen atoms in total. The van der Waals surface area contributed by atoms with Crippen molar-refractivity contribution in [3.63, 3.8) is 0 Å². The summed E-state index contributed by atoms with van der Waals surface area (Å²) < 4.78 is 13.3. The number of amides is 1. The van der Waals surface area contributed by atoms with Crippen LogP contribution in [0.4, 0.5) is 4.39 Å². The second-order valence-corrected chi connectivity index (χ2v) is 7.92. The van der Waals surface area contributed by atoms with Crippen LogP contribution in [0.5, 0.6) is 0 Å². The number of nitrogens with zero attached hydrogens (tertiary/aromatic N) is 2. The minimum atomic E-state index is -0.216. The van der Waals surface area contributed by atoms with Gasteiger partial charge in [-0.2, -0.15) is 0 Å². The van der Waals surface area contributed by atoms with Gasteiger partial charge in [0.1, 0.15) is 5.82 Å². The number of likely N-dealkylation sites (tertiary alicyclic amines) is 1. The van der Waals surface area contributed by atoms with Gasteiger partial charge in [0, 0.05) is 45.1 Å². The molecule has 0 radical (unpaired) electrons. The Hall–Kier alpha value is -2.24. The Morgan fingerprint density at radius 2 is 1.82 bits per heavy atom. The van der Waals surface area contributed by atoms with Crippen molar-refractivity contribution in [3.8, 4) is 11.1 Å². The number of benzene rings is 2. The van der Waals surface area contributed by atoms with E-state index in [4.69, 9.17) is 0 Å². The topological polar surface area (TPSA) is 35.6 Å². The number of carbonyl (C=O) groups excluding carboxylic acids is 1. The van der Waals surface area contributed by atoms with E-state index in [1.54, 1.807) is 0 Å². The summed E-state index contributed by atoms with van der Waals surface area (Å²) in [5.41, 5.74) is 8.33. The Morgan fingerprint density at radius 1 is 1.07 bits per heavy atom. The molecule has 2 atom stereocenters. The summed E-state index contributed by atoms with van der Waals surface area (Å²) >= 11 is 0. The summed E-state index contributed by atoms with van der Waals surface area (Å²) in [7, 11) is 2.07. The molecular weight excluding hydrogens is 353 g/mol. The van der Waals surface area contributed by atoms with Crippen LogP contribution >= 0.6 is 0 Å². The first-order valence-corrected chi connectivity index (χ1v) is 10.2. The SMILES string of the molecule is CCC(=O)N1CCC(c2ccc(-c3ccc(F)cc3)cc2C2CCN(C)N2)C1. The molecule has 2 aromatic rings. The zero-order chi connectivity index (χ0) is 19.7. The quantitative estimate of drug-likeness (QED) is 0.866. The van der Waals surface area contributed by atoms with Gasteiger partial charge in [-0.15, -0.1) is 0 Å². The van der Waals surface area contributed by atoms with Crippen molar-refractivity contribution in [2.45, 2.75) is 38.1 Å². The van der Waals surface area contributed by atoms with Crippen LogP contribution in [0.3, 0.4) is 0 Å². The van der Waals surface area contributed by atoms with Crippen LogP contribution in [0.15, 0.2) is 42.5 Å². The van der Waals surface area contributed by atoms with Gasteiger partial charge in [0.25, 0.3) is 0 Å². The van der Waals surface area contributed by atoms with Crippen LogP contribution in [0.2, 0.25) is 0 Å². The van der Waals surface area contributed by atoms with Crippen LogP contribution in [0, 0.1) is 5.82 Å². The maximum atomic E-state index is 13.3. The average Bonchev–Trinajstić information content (AvgIpc) is 3.37. The van der Waals surface area contributed by atoms with E-state index in [0.717, 1.165) is 43.6 Å². The molecule has 0 aliphatic carbocycles. The van der Waals surface area contributed by atoms with Gasteiger partial charge in [-0.1, -0.05) is 31.2 Å². The van der Waals surface area contributed by atoms with Crippen LogP contribution < -0.4 is 5.43 Å². The molecule has 2 heterocycles. The molecule has 0 aromatic heterocycles. The van der Waals surface area contributed by atoms with Gasteiger partial charge in [0.2, 0.25) is 5.91 Å². The minimum absolute atomic E-state index is 0.216. The van der Waals surface area contributed by atoms with Gasteiger partial charge in [-0.05, 0) is 53.3 Å². The van der Waals surface area contributed by atoms with E-state index in [0.29, 0.717) is 12.3 Å². The van der Waals surface area contributed by atoms with Crippen molar-refractivity contribution in [1.82, 2.24) is 15.3 Å². The van der Waals surface area contributed by atoms with Crippen molar-refractivity contribution in [2.24, 2.45) is 0 Å². The van der Waals surface area contributed by atoms with E-state index in [1.807, 2.05) is 24.0 Å². The van der Waals surface area contributed by atoms with E-state index in [-0.39, 0.29) is 17.8 Å². The lowest BCUT2D eigenvalue weighted by Gasteiger charge is -2.23. The number of rotatable bonds is 4. The predicted molar refractivity (Wildman–Crippen MR) is 109 cm³/mol. The molecule has 1 N–H and O–H groups in total. The third kappa shape index (κ3) is 3.82. The highest BCUT2D eigenvalue weighted by atomic mass is 19.1. The van der Waals surface area contributed by atoms with Crippen LogP contribution in [0.25, 0.3) is 11.1 Å². The summed E-state index contributed by atoms with van der Waals surface area (Å²) in [6.45, 7) is 4.58. The fourth-order valence-corrected chi connectivity index (χ4v) is 4.48. The molecule has 2 aromatic carbocycles. The molecule has 0 bridgehead atoms. The highest BCUT2D eigenvalue weighted by molar-refractivity contribution is 5.76. The predicted octanol–water partition coefficient (Wildman–Crippen LogP) is 4.10. The number of hydrazine groups is 1. The first kappa shape index (κ1) is 19.1. The normalized spacial score (nSPS) is 22.8. The van der Waals surface area contributed by atoms with Crippen molar-refractivity contribution >= 4 is 5.91 Å². The Labute approximate surface area is 166 Å². The van der Waals surface area contributed by atoms with E-state index in [9.17, 15) is 9.18 Å². The average molecular weight is 381 g/mol. The van der Waals surface area contributed by atoms with Gasteiger partial charge in [0.05, 0.1) is 0 Å². The number of hydrogen-bond donors (Lipinski definition) is 1. The molecule has 2 aliphatic heterocycles. The number of nitrogens with one attached hydrogen (secondary N) is 1. The fourth-order valence-electron chi connectivity index (χ4n) is 4.48. The molecule has 2 saturated heterocycles. The second-order valence-electron chi connectivity index (χ2n) is 7.92. The molecule has 28 heavy (non-hydrogen) atoms. The van der Waals surface area contributed by atoms with E-state index in [1.165, 1.54) is 23.3 Å². The molecule has 2 aliphatic rings. The van der Waals surface area contributed by atoms with E-state index in [2.05, 4.69) is 35.7 Å². The summed E-state index contributed by atoms with van der Waals surface area (Å²) in [5.74, 6) is 0.400. The van der Waals surface area contributed by atoms with Crippen molar-refractivity contribution < 1.29 is 9.18 Å². The van der Waals surface area contributed by atoms with Gasteiger partial charge in [-0.25, -0.2) is 14.8 Å². The third-order valence-corrected chi connectivity index (χ3v) is 6.05. The number of carbonyl (C=O) groups is 1. The fraction of sp³-hybridized carbons (Fsp3) is 0.435. The lowest BCUT2D eigenvalue weighted by molar-refractivity contribution is -0.129. The molecule has 4 rings (SSSR count). The third-order valence-electron chi connectivity index (χ3n) is 6.05. The molecule has 0 saturated carbocycles. The summed E-state index contributed by atoms with van der Waals surface area (Å²) in [6.07, 6.45) is 2.63. The molecule has 1 amide bonds. The van der Waals surface area contributed by atoms with Crippen molar-refractivity contribution in [2.75, 3.05) is 26.7 Å². The first-order chi connectivity index (χ1) is 13.5. The standard InChI is InChI=1S/C23H28FN3O/c1-3-23(28)27-13-10-18(15-27)20-9-6-17(16-4-7-19(24)8-5-16)14-21(20)22-11-12-26(2)25-22/h4-9,14,18,22,25H,3,10-13,15H2,1-2H3. The Bertz CT molecular complexity index is 851. The molecule has 5 heteroatoms. The number of hydrogen-bond acceptors (Lipinski definition) is 3. The van der Waals surface area contributed by atoms with E-state index < -0.39 is 0 Å². The Balaban J connectivity index is 1.67. The monoisotopic (exact) mass is 381 g/mol. The Kier molecular flexibility index (Phi) is 5.47. The van der Waals surface area contributed by atoms with Gasteiger partial charge in [0.15, 0.2) is 0 Å². The molecule has 0 spiro atoms.